The SMILES string of the molecule is C1=CC(c2c3ccccc3c(-c3ccc(-c4cc5ccc6ccccc6c5c5ccccc45)cc3)c3ccc(-c4ccccc4)cc23)CC=C1c1cc2ccc3ccccc3c2c2ccccc12. The molecule has 1 atom stereocenters. The average molecular weight is 861 g/mol. The Morgan fingerprint density at radius 3 is 1.41 bits per heavy atom. The number of rotatable bonds is 5. The molecule has 0 bridgehead atoms. The predicted molar refractivity (Wildman–Crippen MR) is 294 cm³/mol. The molecule has 68 heavy (non-hydrogen) atoms. The summed E-state index contributed by atoms with van der Waals surface area (Å²) in [6, 6.07) is 85.9. The third-order valence-electron chi connectivity index (χ3n) is 14.9. The first-order chi connectivity index (χ1) is 33.7. The fraction of sp³-hybridized carbons (Fsp3) is 0.0294. The van der Waals surface area contributed by atoms with Gasteiger partial charge in [0.05, 0.1) is 0 Å². The average Bonchev–Trinajstić information content (AvgIpc) is 3.42. The highest BCUT2D eigenvalue weighted by Gasteiger charge is 2.23. The van der Waals surface area contributed by atoms with E-state index in [0.717, 1.165) is 6.42 Å². The summed E-state index contributed by atoms with van der Waals surface area (Å²) in [7, 11) is 0. The van der Waals surface area contributed by atoms with Crippen molar-refractivity contribution in [3.63, 3.8) is 0 Å². The second kappa shape index (κ2) is 15.5. The van der Waals surface area contributed by atoms with Crippen LogP contribution in [0.4, 0.5) is 0 Å². The first-order valence-electron chi connectivity index (χ1n) is 23.9. The van der Waals surface area contributed by atoms with Gasteiger partial charge in [-0.2, -0.15) is 0 Å². The van der Waals surface area contributed by atoms with Gasteiger partial charge in [-0.25, -0.2) is 0 Å². The molecule has 13 aromatic rings. The van der Waals surface area contributed by atoms with Crippen molar-refractivity contribution in [1.29, 1.82) is 0 Å². The molecular formula is C68H44. The van der Waals surface area contributed by atoms with Crippen molar-refractivity contribution < 1.29 is 0 Å². The standard InChI is InChI=1S/C68H44/c1-2-14-43(15-3-1)50-38-39-61-64(40-50)66(49-34-28-47(29-35-49)63-42-52-37-31-45-17-5-7-19-54(45)68(52)58-23-11-9-21-56(58)63)60-25-13-12-24-59(60)65(61)48-32-26-46(27-33-48)62-41-51-36-30-44-16-4-6-18-53(44)67(51)57-22-10-8-20-55(57)62/h1-34,36-42,49H,35H2. The minimum Gasteiger partial charge on any atom is -0.0760 e. The number of hydrogen-bond donors (Lipinski definition) is 0. The van der Waals surface area contributed by atoms with Crippen molar-refractivity contribution in [2.45, 2.75) is 12.3 Å². The smallest absolute Gasteiger partial charge is 0.00684 e. The minimum atomic E-state index is 0.197. The summed E-state index contributed by atoms with van der Waals surface area (Å²) in [4.78, 5) is 0. The van der Waals surface area contributed by atoms with E-state index in [-0.39, 0.29) is 5.92 Å². The maximum atomic E-state index is 2.49. The lowest BCUT2D eigenvalue weighted by Crippen LogP contribution is -2.03. The van der Waals surface area contributed by atoms with Gasteiger partial charge in [0.1, 0.15) is 0 Å². The van der Waals surface area contributed by atoms with Gasteiger partial charge in [-0.3, -0.25) is 0 Å². The summed E-state index contributed by atoms with van der Waals surface area (Å²) in [5, 5.41) is 20.7. The van der Waals surface area contributed by atoms with Crippen LogP contribution in [0.15, 0.2) is 249 Å². The Kier molecular flexibility index (Phi) is 8.82. The second-order valence-corrected chi connectivity index (χ2v) is 18.6. The molecule has 0 saturated carbocycles. The molecule has 0 amide bonds. The van der Waals surface area contributed by atoms with Crippen molar-refractivity contribution >= 4 is 91.8 Å². The van der Waals surface area contributed by atoms with E-state index in [1.165, 1.54) is 136 Å². The van der Waals surface area contributed by atoms with Gasteiger partial charge in [-0.15, -0.1) is 0 Å². The van der Waals surface area contributed by atoms with Gasteiger partial charge in [0.15, 0.2) is 0 Å². The monoisotopic (exact) mass is 860 g/mol. The molecule has 316 valence electrons. The molecule has 13 aromatic carbocycles. The highest BCUT2D eigenvalue weighted by atomic mass is 14.3. The normalized spacial score (nSPS) is 14.0. The molecule has 1 unspecified atom stereocenters. The molecule has 0 aromatic heterocycles. The third kappa shape index (κ3) is 6.08. The van der Waals surface area contributed by atoms with E-state index < -0.39 is 0 Å². The lowest BCUT2D eigenvalue weighted by Gasteiger charge is -2.24. The van der Waals surface area contributed by atoms with Crippen LogP contribution in [0.3, 0.4) is 0 Å². The largest absolute Gasteiger partial charge is 0.0760 e. The van der Waals surface area contributed by atoms with Crippen molar-refractivity contribution in [1.82, 2.24) is 0 Å². The number of allylic oxidation sites excluding steroid dienone is 4. The molecule has 0 spiro atoms. The fourth-order valence-electron chi connectivity index (χ4n) is 11.8. The first-order valence-corrected chi connectivity index (χ1v) is 23.9. The molecule has 1 aliphatic rings. The second-order valence-electron chi connectivity index (χ2n) is 18.6. The summed E-state index contributed by atoms with van der Waals surface area (Å²) in [6.45, 7) is 0. The maximum Gasteiger partial charge on any atom is 0.00684 e. The van der Waals surface area contributed by atoms with E-state index in [1.54, 1.807) is 0 Å². The molecule has 0 saturated heterocycles. The molecule has 0 heterocycles. The minimum absolute atomic E-state index is 0.197. The van der Waals surface area contributed by atoms with Gasteiger partial charge in [-0.1, -0.05) is 231 Å². The highest BCUT2D eigenvalue weighted by Crippen LogP contribution is 2.47. The molecule has 0 radical (unpaired) electrons. The van der Waals surface area contributed by atoms with Crippen LogP contribution in [0, 0.1) is 0 Å². The van der Waals surface area contributed by atoms with Crippen LogP contribution in [-0.2, 0) is 0 Å². The zero-order valence-corrected chi connectivity index (χ0v) is 37.5. The Balaban J connectivity index is 0.912. The van der Waals surface area contributed by atoms with Gasteiger partial charge >= 0.3 is 0 Å². The van der Waals surface area contributed by atoms with Crippen LogP contribution in [0.2, 0.25) is 0 Å². The van der Waals surface area contributed by atoms with E-state index in [1.807, 2.05) is 0 Å². The summed E-state index contributed by atoms with van der Waals surface area (Å²) in [6.07, 6.45) is 8.28. The molecule has 0 heteroatoms. The van der Waals surface area contributed by atoms with E-state index in [2.05, 4.69) is 249 Å². The van der Waals surface area contributed by atoms with Crippen LogP contribution in [0.25, 0.3) is 125 Å². The third-order valence-corrected chi connectivity index (χ3v) is 14.9. The van der Waals surface area contributed by atoms with E-state index >= 15 is 0 Å². The summed E-state index contributed by atoms with van der Waals surface area (Å²) in [5.41, 5.74) is 11.4. The van der Waals surface area contributed by atoms with Gasteiger partial charge in [0, 0.05) is 5.92 Å². The zero-order chi connectivity index (χ0) is 44.7. The van der Waals surface area contributed by atoms with Crippen molar-refractivity contribution in [3.05, 3.63) is 260 Å². The van der Waals surface area contributed by atoms with Gasteiger partial charge < -0.3 is 0 Å². The number of fused-ring (bicyclic) bond motifs is 12. The first kappa shape index (κ1) is 38.7. The Bertz CT molecular complexity index is 4260. The number of benzene rings is 13. The zero-order valence-electron chi connectivity index (χ0n) is 37.5. The topological polar surface area (TPSA) is 0 Å². The molecular weight excluding hydrogens is 817 g/mol. The van der Waals surface area contributed by atoms with Crippen LogP contribution < -0.4 is 0 Å². The Labute approximate surface area is 395 Å². The van der Waals surface area contributed by atoms with E-state index in [9.17, 15) is 0 Å². The van der Waals surface area contributed by atoms with Crippen molar-refractivity contribution in [2.24, 2.45) is 0 Å². The van der Waals surface area contributed by atoms with Gasteiger partial charge in [-0.05, 0) is 161 Å². The molecule has 0 nitrogen and oxygen atoms in total. The number of hydrogen-bond acceptors (Lipinski definition) is 0. The van der Waals surface area contributed by atoms with Gasteiger partial charge in [0.2, 0.25) is 0 Å². The van der Waals surface area contributed by atoms with Crippen LogP contribution >= 0.6 is 0 Å². The lowest BCUT2D eigenvalue weighted by molar-refractivity contribution is 0.873. The van der Waals surface area contributed by atoms with E-state index in [0.29, 0.717) is 0 Å². The molecule has 1 aliphatic carbocycles. The molecule has 0 aliphatic heterocycles. The molecule has 14 rings (SSSR count). The summed E-state index contributed by atoms with van der Waals surface area (Å²) in [5.74, 6) is 0.197. The summed E-state index contributed by atoms with van der Waals surface area (Å²) >= 11 is 0. The quantitative estimate of drug-likeness (QED) is 0.119. The molecule has 0 fully saturated rings. The maximum absolute atomic E-state index is 2.49. The molecule has 0 N–H and O–H groups in total. The summed E-state index contributed by atoms with van der Waals surface area (Å²) < 4.78 is 0. The van der Waals surface area contributed by atoms with Crippen LogP contribution in [0.5, 0.6) is 0 Å². The Morgan fingerprint density at radius 2 is 0.779 bits per heavy atom. The van der Waals surface area contributed by atoms with Crippen LogP contribution in [-0.4, -0.2) is 0 Å². The highest BCUT2D eigenvalue weighted by molar-refractivity contribution is 6.24. The van der Waals surface area contributed by atoms with Gasteiger partial charge in [0.25, 0.3) is 0 Å². The Hall–Kier alpha value is -8.58. The Morgan fingerprint density at radius 1 is 0.294 bits per heavy atom. The fourth-order valence-corrected chi connectivity index (χ4v) is 11.8. The predicted octanol–water partition coefficient (Wildman–Crippen LogP) is 19.0. The van der Waals surface area contributed by atoms with E-state index in [4.69, 9.17) is 0 Å². The lowest BCUT2D eigenvalue weighted by atomic mass is 9.79. The van der Waals surface area contributed by atoms with Crippen molar-refractivity contribution in [3.8, 4) is 33.4 Å². The van der Waals surface area contributed by atoms with Crippen LogP contribution in [0.1, 0.15) is 23.5 Å². The van der Waals surface area contributed by atoms with Crippen molar-refractivity contribution in [2.75, 3.05) is 0 Å².